The Morgan fingerprint density at radius 2 is 1.77 bits per heavy atom. The fourth-order valence-corrected chi connectivity index (χ4v) is 1.26. The number of hydrogen-bond donors (Lipinski definition) is 1. The molecule has 0 amide bonds. The van der Waals surface area contributed by atoms with E-state index in [1.165, 1.54) is 0 Å². The van der Waals surface area contributed by atoms with Crippen LogP contribution in [0, 0.1) is 0 Å². The van der Waals surface area contributed by atoms with Gasteiger partial charge in [-0.2, -0.15) is 0 Å². The molecular weight excluding hydrogens is 174 g/mol. The Morgan fingerprint density at radius 3 is 2.23 bits per heavy atom. The van der Waals surface area contributed by atoms with E-state index in [1.54, 1.807) is 24.3 Å². The predicted molar refractivity (Wildman–Crippen MR) is 46.9 cm³/mol. The number of benzene rings is 1. The van der Waals surface area contributed by atoms with Crippen LogP contribution >= 0.6 is 0 Å². The zero-order chi connectivity index (χ0) is 9.68. The molecule has 0 spiro atoms. The van der Waals surface area contributed by atoms with Crippen LogP contribution in [-0.4, -0.2) is 18.1 Å². The van der Waals surface area contributed by atoms with E-state index in [9.17, 15) is 8.78 Å². The van der Waals surface area contributed by atoms with Crippen LogP contribution in [0.25, 0.3) is 0 Å². The lowest BCUT2D eigenvalue weighted by Crippen LogP contribution is -2.08. The van der Waals surface area contributed by atoms with Gasteiger partial charge in [-0.1, -0.05) is 30.3 Å². The molecule has 0 aliphatic rings. The Balaban J connectivity index is 2.67. The van der Waals surface area contributed by atoms with Crippen LogP contribution < -0.4 is 0 Å². The average molecular weight is 186 g/mol. The second-order valence-corrected chi connectivity index (χ2v) is 2.92. The van der Waals surface area contributed by atoms with Gasteiger partial charge in [-0.25, -0.2) is 8.78 Å². The zero-order valence-corrected chi connectivity index (χ0v) is 7.16. The molecule has 0 radical (unpaired) electrons. The Morgan fingerprint density at radius 1 is 1.15 bits per heavy atom. The molecule has 1 aromatic rings. The lowest BCUT2D eigenvalue weighted by atomic mass is 9.97. The molecule has 0 aromatic heterocycles. The maximum atomic E-state index is 12.0. The molecule has 0 saturated heterocycles. The summed E-state index contributed by atoms with van der Waals surface area (Å²) in [6.07, 6.45) is -2.64. The molecule has 72 valence electrons. The summed E-state index contributed by atoms with van der Waals surface area (Å²) in [5.41, 5.74) is 0.769. The molecule has 3 heteroatoms. The first-order chi connectivity index (χ1) is 6.24. The number of rotatable bonds is 4. The van der Waals surface area contributed by atoms with E-state index in [1.807, 2.05) is 6.07 Å². The molecule has 0 fully saturated rings. The van der Waals surface area contributed by atoms with E-state index in [-0.39, 0.29) is 13.0 Å². The molecule has 1 rings (SSSR count). The summed E-state index contributed by atoms with van der Waals surface area (Å²) in [4.78, 5) is 0. The first-order valence-electron chi connectivity index (χ1n) is 4.18. The molecule has 0 aliphatic carbocycles. The summed E-state index contributed by atoms with van der Waals surface area (Å²) in [6.45, 7) is -0.228. The molecule has 1 atom stereocenters. The minimum absolute atomic E-state index is 0.228. The molecule has 0 heterocycles. The highest BCUT2D eigenvalue weighted by Gasteiger charge is 2.15. The summed E-state index contributed by atoms with van der Waals surface area (Å²) in [5, 5.41) is 8.90. The van der Waals surface area contributed by atoms with Crippen molar-refractivity contribution >= 4 is 0 Å². The lowest BCUT2D eigenvalue weighted by molar-refractivity contribution is 0.113. The molecule has 1 unspecified atom stereocenters. The van der Waals surface area contributed by atoms with Gasteiger partial charge in [0.15, 0.2) is 0 Å². The van der Waals surface area contributed by atoms with Crippen molar-refractivity contribution in [2.24, 2.45) is 0 Å². The number of hydrogen-bond acceptors (Lipinski definition) is 1. The largest absolute Gasteiger partial charge is 0.396 e. The van der Waals surface area contributed by atoms with Crippen LogP contribution in [0.5, 0.6) is 0 Å². The molecule has 0 bridgehead atoms. The van der Waals surface area contributed by atoms with Gasteiger partial charge in [0.1, 0.15) is 0 Å². The van der Waals surface area contributed by atoms with Crippen molar-refractivity contribution < 1.29 is 13.9 Å². The van der Waals surface area contributed by atoms with Gasteiger partial charge in [0.25, 0.3) is 0 Å². The number of halogens is 2. The van der Waals surface area contributed by atoms with Crippen LogP contribution in [0.1, 0.15) is 17.9 Å². The van der Waals surface area contributed by atoms with Gasteiger partial charge in [-0.3, -0.25) is 0 Å². The highest BCUT2D eigenvalue weighted by atomic mass is 19.3. The summed E-state index contributed by atoms with van der Waals surface area (Å²) < 4.78 is 24.1. The van der Waals surface area contributed by atoms with Gasteiger partial charge in [0, 0.05) is 12.3 Å². The van der Waals surface area contributed by atoms with Crippen molar-refractivity contribution in [3.8, 4) is 0 Å². The number of aliphatic hydroxyl groups excluding tert-OH is 1. The molecular formula is C10H12F2O. The van der Waals surface area contributed by atoms with Crippen LogP contribution in [-0.2, 0) is 0 Å². The average Bonchev–Trinajstić information content (AvgIpc) is 2.15. The third-order valence-electron chi connectivity index (χ3n) is 1.95. The third kappa shape index (κ3) is 3.11. The highest BCUT2D eigenvalue weighted by molar-refractivity contribution is 5.19. The number of aliphatic hydroxyl groups is 1. The lowest BCUT2D eigenvalue weighted by Gasteiger charge is -2.13. The Hall–Kier alpha value is -0.960. The third-order valence-corrected chi connectivity index (χ3v) is 1.95. The van der Waals surface area contributed by atoms with Gasteiger partial charge in [0.2, 0.25) is 6.43 Å². The minimum Gasteiger partial charge on any atom is -0.396 e. The maximum absolute atomic E-state index is 12.0. The minimum atomic E-state index is -2.36. The summed E-state index contributed by atoms with van der Waals surface area (Å²) in [5.74, 6) is -0.443. The monoisotopic (exact) mass is 186 g/mol. The highest BCUT2D eigenvalue weighted by Crippen LogP contribution is 2.21. The zero-order valence-electron chi connectivity index (χ0n) is 7.16. The van der Waals surface area contributed by atoms with Gasteiger partial charge in [0.05, 0.1) is 6.61 Å². The first-order valence-corrected chi connectivity index (χ1v) is 4.18. The Kier molecular flexibility index (Phi) is 3.83. The molecule has 13 heavy (non-hydrogen) atoms. The smallest absolute Gasteiger partial charge is 0.239 e. The quantitative estimate of drug-likeness (QED) is 0.765. The molecule has 0 aliphatic heterocycles. The van der Waals surface area contributed by atoms with E-state index in [4.69, 9.17) is 5.11 Å². The van der Waals surface area contributed by atoms with E-state index in [2.05, 4.69) is 0 Å². The summed E-state index contributed by atoms with van der Waals surface area (Å²) in [7, 11) is 0. The van der Waals surface area contributed by atoms with E-state index in [0.717, 1.165) is 5.56 Å². The van der Waals surface area contributed by atoms with Gasteiger partial charge in [-0.05, 0) is 5.56 Å². The normalized spacial score (nSPS) is 13.2. The van der Waals surface area contributed by atoms with Crippen molar-refractivity contribution in [2.75, 3.05) is 6.61 Å². The van der Waals surface area contributed by atoms with Crippen LogP contribution in [0.2, 0.25) is 0 Å². The van der Waals surface area contributed by atoms with E-state index in [0.29, 0.717) is 0 Å². The molecule has 1 nitrogen and oxygen atoms in total. The second-order valence-electron chi connectivity index (χ2n) is 2.92. The van der Waals surface area contributed by atoms with E-state index < -0.39 is 12.3 Å². The Bertz CT molecular complexity index is 236. The van der Waals surface area contributed by atoms with Crippen molar-refractivity contribution in [1.29, 1.82) is 0 Å². The SMILES string of the molecule is OCC(CC(F)F)c1ccccc1. The van der Waals surface area contributed by atoms with Crippen LogP contribution in [0.4, 0.5) is 8.78 Å². The van der Waals surface area contributed by atoms with Crippen molar-refractivity contribution in [3.63, 3.8) is 0 Å². The fraction of sp³-hybridized carbons (Fsp3) is 0.400. The molecule has 0 saturated carbocycles. The summed E-state index contributed by atoms with van der Waals surface area (Å²) >= 11 is 0. The van der Waals surface area contributed by atoms with E-state index >= 15 is 0 Å². The molecule has 1 aromatic carbocycles. The van der Waals surface area contributed by atoms with Gasteiger partial charge >= 0.3 is 0 Å². The van der Waals surface area contributed by atoms with Crippen LogP contribution in [0.15, 0.2) is 30.3 Å². The topological polar surface area (TPSA) is 20.2 Å². The first kappa shape index (κ1) is 10.1. The van der Waals surface area contributed by atoms with Crippen molar-refractivity contribution in [1.82, 2.24) is 0 Å². The van der Waals surface area contributed by atoms with Crippen LogP contribution in [0.3, 0.4) is 0 Å². The second kappa shape index (κ2) is 4.92. The maximum Gasteiger partial charge on any atom is 0.239 e. The Labute approximate surface area is 76.0 Å². The van der Waals surface area contributed by atoms with Crippen molar-refractivity contribution in [2.45, 2.75) is 18.8 Å². The summed E-state index contributed by atoms with van der Waals surface area (Å²) in [6, 6.07) is 8.89. The standard InChI is InChI=1S/C10H12F2O/c11-10(12)6-9(7-13)8-4-2-1-3-5-8/h1-5,9-10,13H,6-7H2. The van der Waals surface area contributed by atoms with Gasteiger partial charge in [-0.15, -0.1) is 0 Å². The fourth-order valence-electron chi connectivity index (χ4n) is 1.26. The van der Waals surface area contributed by atoms with Gasteiger partial charge < -0.3 is 5.11 Å². The van der Waals surface area contributed by atoms with Crippen molar-refractivity contribution in [3.05, 3.63) is 35.9 Å². The predicted octanol–water partition coefficient (Wildman–Crippen LogP) is 2.42. The molecule has 1 N–H and O–H groups in total. The number of alkyl halides is 2.